The van der Waals surface area contributed by atoms with Crippen LogP contribution in [0.2, 0.25) is 0 Å². The van der Waals surface area contributed by atoms with Crippen LogP contribution in [0.3, 0.4) is 0 Å². The van der Waals surface area contributed by atoms with Gasteiger partial charge in [0.25, 0.3) is 0 Å². The molecule has 1 aliphatic rings. The molecular formula is C16H32N2O2. The molecule has 0 radical (unpaired) electrons. The zero-order valence-corrected chi connectivity index (χ0v) is 13.4. The van der Waals surface area contributed by atoms with Gasteiger partial charge in [-0.15, -0.1) is 0 Å². The van der Waals surface area contributed by atoms with E-state index in [-0.39, 0.29) is 6.61 Å². The highest BCUT2D eigenvalue weighted by Gasteiger charge is 2.29. The van der Waals surface area contributed by atoms with Gasteiger partial charge in [0, 0.05) is 32.2 Å². The average Bonchev–Trinajstić information content (AvgIpc) is 2.38. The van der Waals surface area contributed by atoms with Gasteiger partial charge in [0.2, 0.25) is 5.91 Å². The normalized spacial score (nSPS) is 23.4. The lowest BCUT2D eigenvalue weighted by Gasteiger charge is -2.38. The molecule has 0 aromatic heterocycles. The van der Waals surface area contributed by atoms with E-state index < -0.39 is 0 Å². The zero-order valence-electron chi connectivity index (χ0n) is 13.4. The van der Waals surface area contributed by atoms with Crippen molar-refractivity contribution in [1.29, 1.82) is 0 Å². The van der Waals surface area contributed by atoms with Crippen molar-refractivity contribution in [2.45, 2.75) is 58.9 Å². The molecule has 0 saturated carbocycles. The van der Waals surface area contributed by atoms with Crippen molar-refractivity contribution >= 4 is 5.91 Å². The Hall–Kier alpha value is -0.610. The van der Waals surface area contributed by atoms with Gasteiger partial charge in [0.15, 0.2) is 0 Å². The molecule has 1 heterocycles. The molecule has 0 aromatic carbocycles. The lowest BCUT2D eigenvalue weighted by atomic mass is 9.90. The Bertz CT molecular complexity index is 282. The molecule has 1 aliphatic heterocycles. The summed E-state index contributed by atoms with van der Waals surface area (Å²) in [4.78, 5) is 14.3. The first-order chi connectivity index (χ1) is 9.56. The molecule has 20 heavy (non-hydrogen) atoms. The summed E-state index contributed by atoms with van der Waals surface area (Å²) in [5.74, 6) is 1.35. The number of nitrogens with one attached hydrogen (secondary N) is 1. The number of hydrogen-bond acceptors (Lipinski definition) is 3. The Morgan fingerprint density at radius 1 is 1.40 bits per heavy atom. The smallest absolute Gasteiger partial charge is 0.222 e. The van der Waals surface area contributed by atoms with Crippen molar-refractivity contribution in [2.24, 2.45) is 11.8 Å². The number of likely N-dealkylation sites (tertiary alicyclic amines) is 1. The van der Waals surface area contributed by atoms with E-state index in [0.717, 1.165) is 32.5 Å². The highest BCUT2D eigenvalue weighted by molar-refractivity contribution is 5.76. The van der Waals surface area contributed by atoms with E-state index in [4.69, 9.17) is 5.11 Å². The maximum absolute atomic E-state index is 12.3. The number of aliphatic hydroxyl groups is 1. The SMILES string of the molecule is CCCC1CC(NCCCO)CN(C(=O)CC(C)C)C1. The number of hydrogen-bond donors (Lipinski definition) is 2. The third-order valence-electron chi connectivity index (χ3n) is 3.94. The Balaban J connectivity index is 2.53. The van der Waals surface area contributed by atoms with Crippen LogP contribution in [0.1, 0.15) is 52.9 Å². The summed E-state index contributed by atoms with van der Waals surface area (Å²) < 4.78 is 0. The molecule has 0 spiro atoms. The quantitative estimate of drug-likeness (QED) is 0.671. The van der Waals surface area contributed by atoms with Crippen LogP contribution >= 0.6 is 0 Å². The Labute approximate surface area is 123 Å². The van der Waals surface area contributed by atoms with Crippen LogP contribution in [-0.4, -0.2) is 48.2 Å². The maximum Gasteiger partial charge on any atom is 0.222 e. The second kappa shape index (κ2) is 9.35. The van der Waals surface area contributed by atoms with E-state index in [9.17, 15) is 4.79 Å². The number of carbonyl (C=O) groups is 1. The lowest BCUT2D eigenvalue weighted by molar-refractivity contribution is -0.134. The fourth-order valence-electron chi connectivity index (χ4n) is 3.04. The highest BCUT2D eigenvalue weighted by atomic mass is 16.3. The largest absolute Gasteiger partial charge is 0.396 e. The number of rotatable bonds is 8. The van der Waals surface area contributed by atoms with E-state index in [2.05, 4.69) is 31.0 Å². The molecule has 118 valence electrons. The van der Waals surface area contributed by atoms with Gasteiger partial charge in [-0.1, -0.05) is 27.2 Å². The van der Waals surface area contributed by atoms with E-state index in [1.54, 1.807) is 0 Å². The van der Waals surface area contributed by atoms with Crippen LogP contribution in [0.4, 0.5) is 0 Å². The van der Waals surface area contributed by atoms with Crippen LogP contribution in [0, 0.1) is 11.8 Å². The van der Waals surface area contributed by atoms with Crippen molar-refractivity contribution in [3.05, 3.63) is 0 Å². The van der Waals surface area contributed by atoms with E-state index >= 15 is 0 Å². The fraction of sp³-hybridized carbons (Fsp3) is 0.938. The lowest BCUT2D eigenvalue weighted by Crippen LogP contribution is -2.51. The summed E-state index contributed by atoms with van der Waals surface area (Å²) in [6.45, 7) is 9.24. The molecule has 1 amide bonds. The van der Waals surface area contributed by atoms with E-state index in [1.807, 2.05) is 0 Å². The van der Waals surface area contributed by atoms with Crippen molar-refractivity contribution in [3.8, 4) is 0 Å². The minimum absolute atomic E-state index is 0.230. The highest BCUT2D eigenvalue weighted by Crippen LogP contribution is 2.22. The van der Waals surface area contributed by atoms with Crippen molar-refractivity contribution in [3.63, 3.8) is 0 Å². The predicted molar refractivity (Wildman–Crippen MR) is 82.5 cm³/mol. The molecule has 2 N–H and O–H groups in total. The Kier molecular flexibility index (Phi) is 8.15. The summed E-state index contributed by atoms with van der Waals surface area (Å²) >= 11 is 0. The van der Waals surface area contributed by atoms with Gasteiger partial charge in [-0.05, 0) is 37.6 Å². The minimum Gasteiger partial charge on any atom is -0.396 e. The van der Waals surface area contributed by atoms with Crippen LogP contribution in [-0.2, 0) is 4.79 Å². The van der Waals surface area contributed by atoms with Gasteiger partial charge in [0.05, 0.1) is 0 Å². The van der Waals surface area contributed by atoms with Crippen molar-refractivity contribution < 1.29 is 9.90 Å². The summed E-state index contributed by atoms with van der Waals surface area (Å²) in [6, 6.07) is 0.392. The Morgan fingerprint density at radius 2 is 2.15 bits per heavy atom. The molecule has 0 aliphatic carbocycles. The van der Waals surface area contributed by atoms with Crippen molar-refractivity contribution in [2.75, 3.05) is 26.2 Å². The number of piperidine rings is 1. The maximum atomic E-state index is 12.3. The molecule has 1 fully saturated rings. The van der Waals surface area contributed by atoms with Gasteiger partial charge in [-0.2, -0.15) is 0 Å². The van der Waals surface area contributed by atoms with Crippen molar-refractivity contribution in [1.82, 2.24) is 10.2 Å². The second-order valence-electron chi connectivity index (χ2n) is 6.52. The van der Waals surface area contributed by atoms with Gasteiger partial charge < -0.3 is 15.3 Å². The average molecular weight is 284 g/mol. The number of aliphatic hydroxyl groups excluding tert-OH is 1. The first kappa shape index (κ1) is 17.4. The molecule has 0 bridgehead atoms. The number of nitrogens with zero attached hydrogens (tertiary/aromatic N) is 1. The van der Waals surface area contributed by atoms with E-state index in [0.29, 0.717) is 30.2 Å². The van der Waals surface area contributed by atoms with E-state index in [1.165, 1.54) is 12.8 Å². The molecule has 2 unspecified atom stereocenters. The number of amides is 1. The molecule has 4 nitrogen and oxygen atoms in total. The minimum atomic E-state index is 0.230. The van der Waals surface area contributed by atoms with Gasteiger partial charge >= 0.3 is 0 Å². The molecule has 4 heteroatoms. The van der Waals surface area contributed by atoms with Crippen LogP contribution < -0.4 is 5.32 Å². The zero-order chi connectivity index (χ0) is 15.0. The Morgan fingerprint density at radius 3 is 2.75 bits per heavy atom. The van der Waals surface area contributed by atoms with Gasteiger partial charge in [0.1, 0.15) is 0 Å². The molecular weight excluding hydrogens is 252 g/mol. The molecule has 1 rings (SSSR count). The van der Waals surface area contributed by atoms with Gasteiger partial charge in [-0.3, -0.25) is 4.79 Å². The summed E-state index contributed by atoms with van der Waals surface area (Å²) in [7, 11) is 0. The monoisotopic (exact) mass is 284 g/mol. The standard InChI is InChI=1S/C16H32N2O2/c1-4-6-14-10-15(17-7-5-8-19)12-18(11-14)16(20)9-13(2)3/h13-15,17,19H,4-12H2,1-3H3. The fourth-order valence-corrected chi connectivity index (χ4v) is 3.04. The topological polar surface area (TPSA) is 52.6 Å². The summed E-state index contributed by atoms with van der Waals surface area (Å²) in [6.07, 6.45) is 4.98. The predicted octanol–water partition coefficient (Wildman–Crippen LogP) is 2.02. The first-order valence-corrected chi connectivity index (χ1v) is 8.18. The molecule has 1 saturated heterocycles. The third kappa shape index (κ3) is 6.23. The molecule has 0 aromatic rings. The summed E-state index contributed by atoms with van der Waals surface area (Å²) in [5, 5.41) is 12.4. The van der Waals surface area contributed by atoms with Crippen LogP contribution in [0.15, 0.2) is 0 Å². The first-order valence-electron chi connectivity index (χ1n) is 8.18. The number of carbonyl (C=O) groups excluding carboxylic acids is 1. The second-order valence-corrected chi connectivity index (χ2v) is 6.52. The van der Waals surface area contributed by atoms with Crippen LogP contribution in [0.25, 0.3) is 0 Å². The molecule has 2 atom stereocenters. The van der Waals surface area contributed by atoms with Crippen LogP contribution in [0.5, 0.6) is 0 Å². The van der Waals surface area contributed by atoms with Gasteiger partial charge in [-0.25, -0.2) is 0 Å². The summed E-state index contributed by atoms with van der Waals surface area (Å²) in [5.41, 5.74) is 0. The third-order valence-corrected chi connectivity index (χ3v) is 3.94.